The van der Waals surface area contributed by atoms with Crippen molar-refractivity contribution in [2.24, 2.45) is 4.99 Å². The summed E-state index contributed by atoms with van der Waals surface area (Å²) >= 11 is 0. The molecule has 0 bridgehead atoms. The second-order valence-corrected chi connectivity index (χ2v) is 6.85. The third-order valence-corrected chi connectivity index (χ3v) is 4.74. The van der Waals surface area contributed by atoms with Gasteiger partial charge in [0.15, 0.2) is 17.5 Å². The summed E-state index contributed by atoms with van der Waals surface area (Å²) in [5, 5.41) is 6.74. The largest absolute Gasteiger partial charge is 0.454 e. The molecule has 0 radical (unpaired) electrons. The Hall–Kier alpha value is -3.48. The van der Waals surface area contributed by atoms with Gasteiger partial charge in [0.05, 0.1) is 6.33 Å². The first-order valence-electron chi connectivity index (χ1n) is 9.67. The van der Waals surface area contributed by atoms with Crippen LogP contribution in [0.5, 0.6) is 11.5 Å². The van der Waals surface area contributed by atoms with Crippen LogP contribution in [0.1, 0.15) is 16.7 Å². The molecule has 2 heterocycles. The molecule has 1 aliphatic rings. The van der Waals surface area contributed by atoms with Gasteiger partial charge in [-0.05, 0) is 35.2 Å². The monoisotopic (exact) mass is 391 g/mol. The minimum atomic E-state index is 0.303. The predicted molar refractivity (Wildman–Crippen MR) is 112 cm³/mol. The summed E-state index contributed by atoms with van der Waals surface area (Å²) in [6, 6.07) is 14.6. The molecule has 0 atom stereocenters. The van der Waals surface area contributed by atoms with Crippen LogP contribution < -0.4 is 20.1 Å². The number of rotatable bonds is 7. The summed E-state index contributed by atoms with van der Waals surface area (Å²) < 4.78 is 12.8. The van der Waals surface area contributed by atoms with E-state index in [1.165, 1.54) is 16.7 Å². The highest BCUT2D eigenvalue weighted by Crippen LogP contribution is 2.32. The molecule has 2 aromatic carbocycles. The van der Waals surface area contributed by atoms with Crippen molar-refractivity contribution < 1.29 is 9.47 Å². The number of hydrogen-bond donors (Lipinski definition) is 2. The summed E-state index contributed by atoms with van der Waals surface area (Å²) in [7, 11) is 1.78. The number of hydrogen-bond acceptors (Lipinski definition) is 4. The molecular weight excluding hydrogens is 366 g/mol. The van der Waals surface area contributed by atoms with Gasteiger partial charge in [-0.1, -0.05) is 30.3 Å². The summed E-state index contributed by atoms with van der Waals surface area (Å²) in [6.45, 7) is 2.61. The first-order chi connectivity index (χ1) is 14.3. The number of nitrogens with one attached hydrogen (secondary N) is 2. The Morgan fingerprint density at radius 1 is 1.07 bits per heavy atom. The summed E-state index contributed by atoms with van der Waals surface area (Å²) in [5.41, 5.74) is 3.65. The van der Waals surface area contributed by atoms with Gasteiger partial charge in [-0.25, -0.2) is 4.98 Å². The first-order valence-corrected chi connectivity index (χ1v) is 9.67. The zero-order valence-electron chi connectivity index (χ0n) is 16.5. The Morgan fingerprint density at radius 2 is 1.97 bits per heavy atom. The van der Waals surface area contributed by atoms with Crippen LogP contribution in [-0.2, 0) is 19.5 Å². The topological polar surface area (TPSA) is 72.7 Å². The van der Waals surface area contributed by atoms with E-state index in [0.717, 1.165) is 37.0 Å². The Kier molecular flexibility index (Phi) is 5.95. The van der Waals surface area contributed by atoms with Crippen molar-refractivity contribution in [3.63, 3.8) is 0 Å². The van der Waals surface area contributed by atoms with Gasteiger partial charge in [-0.15, -0.1) is 0 Å². The van der Waals surface area contributed by atoms with Gasteiger partial charge in [0, 0.05) is 39.1 Å². The van der Waals surface area contributed by atoms with Gasteiger partial charge in [0.25, 0.3) is 0 Å². The molecule has 1 aliphatic heterocycles. The van der Waals surface area contributed by atoms with Crippen molar-refractivity contribution in [2.45, 2.75) is 19.5 Å². The van der Waals surface area contributed by atoms with Crippen LogP contribution in [0.15, 0.2) is 66.2 Å². The van der Waals surface area contributed by atoms with E-state index in [0.29, 0.717) is 13.3 Å². The Morgan fingerprint density at radius 3 is 2.83 bits per heavy atom. The van der Waals surface area contributed by atoms with Crippen LogP contribution in [0, 0.1) is 0 Å². The molecule has 29 heavy (non-hydrogen) atoms. The van der Waals surface area contributed by atoms with E-state index in [2.05, 4.69) is 55.5 Å². The molecule has 0 unspecified atom stereocenters. The van der Waals surface area contributed by atoms with Crippen LogP contribution in [0.3, 0.4) is 0 Å². The molecule has 1 aromatic heterocycles. The number of benzene rings is 2. The van der Waals surface area contributed by atoms with Crippen LogP contribution in [-0.4, -0.2) is 35.9 Å². The number of guanidine groups is 1. The SMILES string of the molecule is CN=C(NCCc1ccc2c(c1)OCO2)NCc1cccc(Cn2ccnc2)c1. The van der Waals surface area contributed by atoms with Crippen LogP contribution >= 0.6 is 0 Å². The lowest BCUT2D eigenvalue weighted by Crippen LogP contribution is -2.37. The van der Waals surface area contributed by atoms with Crippen molar-refractivity contribution in [1.29, 1.82) is 0 Å². The summed E-state index contributed by atoms with van der Waals surface area (Å²) in [4.78, 5) is 8.40. The second kappa shape index (κ2) is 9.14. The highest BCUT2D eigenvalue weighted by Gasteiger charge is 2.12. The molecule has 0 aliphatic carbocycles. The average molecular weight is 391 g/mol. The molecule has 0 amide bonds. The molecular formula is C22H25N5O2. The fourth-order valence-corrected chi connectivity index (χ4v) is 3.26. The van der Waals surface area contributed by atoms with Gasteiger partial charge < -0.3 is 24.7 Å². The number of ether oxygens (including phenoxy) is 2. The molecule has 3 aromatic rings. The molecule has 7 heteroatoms. The lowest BCUT2D eigenvalue weighted by atomic mass is 10.1. The fraction of sp³-hybridized carbons (Fsp3) is 0.273. The lowest BCUT2D eigenvalue weighted by Gasteiger charge is -2.13. The van der Waals surface area contributed by atoms with Crippen molar-refractivity contribution >= 4 is 5.96 Å². The second-order valence-electron chi connectivity index (χ2n) is 6.85. The minimum absolute atomic E-state index is 0.303. The number of nitrogens with zero attached hydrogens (tertiary/aromatic N) is 3. The molecule has 0 saturated carbocycles. The van der Waals surface area contributed by atoms with Crippen molar-refractivity contribution in [2.75, 3.05) is 20.4 Å². The summed E-state index contributed by atoms with van der Waals surface area (Å²) in [5.74, 6) is 2.42. The van der Waals surface area contributed by atoms with Crippen LogP contribution in [0.25, 0.3) is 0 Å². The van der Waals surface area contributed by atoms with Crippen molar-refractivity contribution in [1.82, 2.24) is 20.2 Å². The van der Waals surface area contributed by atoms with Gasteiger partial charge in [0.1, 0.15) is 0 Å². The molecule has 0 saturated heterocycles. The molecule has 0 spiro atoms. The van der Waals surface area contributed by atoms with Gasteiger partial charge >= 0.3 is 0 Å². The van der Waals surface area contributed by atoms with E-state index in [4.69, 9.17) is 9.47 Å². The standard InChI is InChI=1S/C22H25N5O2/c1-23-22(25-8-7-17-5-6-20-21(12-17)29-16-28-20)26-13-18-3-2-4-19(11-18)14-27-10-9-24-15-27/h2-6,9-12,15H,7-8,13-14,16H2,1H3,(H2,23,25,26). The summed E-state index contributed by atoms with van der Waals surface area (Å²) in [6.07, 6.45) is 6.47. The first kappa shape index (κ1) is 18.9. The maximum atomic E-state index is 5.43. The molecule has 7 nitrogen and oxygen atoms in total. The van der Waals surface area contributed by atoms with Crippen LogP contribution in [0.4, 0.5) is 0 Å². The normalized spacial score (nSPS) is 12.8. The zero-order valence-corrected chi connectivity index (χ0v) is 16.5. The maximum Gasteiger partial charge on any atom is 0.231 e. The van der Waals surface area contributed by atoms with Gasteiger partial charge in [-0.2, -0.15) is 0 Å². The van der Waals surface area contributed by atoms with Crippen molar-refractivity contribution in [3.8, 4) is 11.5 Å². The van der Waals surface area contributed by atoms with Gasteiger partial charge in [0.2, 0.25) is 6.79 Å². The minimum Gasteiger partial charge on any atom is -0.454 e. The van der Waals surface area contributed by atoms with E-state index in [1.807, 2.05) is 24.7 Å². The molecule has 2 N–H and O–H groups in total. The van der Waals surface area contributed by atoms with E-state index in [-0.39, 0.29) is 0 Å². The fourth-order valence-electron chi connectivity index (χ4n) is 3.26. The molecule has 4 rings (SSSR count). The highest BCUT2D eigenvalue weighted by molar-refractivity contribution is 5.79. The van der Waals surface area contributed by atoms with E-state index >= 15 is 0 Å². The van der Waals surface area contributed by atoms with E-state index in [9.17, 15) is 0 Å². The average Bonchev–Trinajstić information content (AvgIpc) is 3.42. The third kappa shape index (κ3) is 5.07. The third-order valence-electron chi connectivity index (χ3n) is 4.74. The van der Waals surface area contributed by atoms with E-state index in [1.54, 1.807) is 13.2 Å². The zero-order chi connectivity index (χ0) is 19.9. The Bertz CT molecular complexity index is 969. The number of fused-ring (bicyclic) bond motifs is 1. The number of imidazole rings is 1. The Balaban J connectivity index is 1.25. The van der Waals surface area contributed by atoms with Gasteiger partial charge in [-0.3, -0.25) is 4.99 Å². The molecule has 150 valence electrons. The molecule has 0 fully saturated rings. The predicted octanol–water partition coefficient (Wildman–Crippen LogP) is 2.57. The number of aliphatic imine (C=N–C) groups is 1. The number of aromatic nitrogens is 2. The van der Waals surface area contributed by atoms with E-state index < -0.39 is 0 Å². The quantitative estimate of drug-likeness (QED) is 0.478. The highest BCUT2D eigenvalue weighted by atomic mass is 16.7. The maximum absolute atomic E-state index is 5.43. The smallest absolute Gasteiger partial charge is 0.231 e. The lowest BCUT2D eigenvalue weighted by molar-refractivity contribution is 0.174. The Labute approximate surface area is 170 Å². The van der Waals surface area contributed by atoms with Crippen LogP contribution in [0.2, 0.25) is 0 Å². The van der Waals surface area contributed by atoms with Crippen molar-refractivity contribution in [3.05, 3.63) is 77.9 Å².